The van der Waals surface area contributed by atoms with Crippen molar-refractivity contribution in [1.82, 2.24) is 9.97 Å². The van der Waals surface area contributed by atoms with Gasteiger partial charge in [-0.1, -0.05) is 0 Å². The Balaban J connectivity index is 2.13. The van der Waals surface area contributed by atoms with E-state index in [0.29, 0.717) is 33.9 Å². The van der Waals surface area contributed by atoms with Crippen LogP contribution in [-0.2, 0) is 4.74 Å². The number of nitrogens with zero attached hydrogens (tertiary/aromatic N) is 2. The third-order valence-electron chi connectivity index (χ3n) is 2.79. The molecule has 0 radical (unpaired) electrons. The predicted octanol–water partition coefficient (Wildman–Crippen LogP) is 2.26. The van der Waals surface area contributed by atoms with Crippen LogP contribution in [0, 0.1) is 0 Å². The summed E-state index contributed by atoms with van der Waals surface area (Å²) in [6, 6.07) is 8.36. The number of fused-ring (bicyclic) bond motifs is 1. The number of benzene rings is 1. The predicted molar refractivity (Wildman–Crippen MR) is 73.0 cm³/mol. The first-order valence-electron chi connectivity index (χ1n) is 5.88. The number of anilines is 1. The summed E-state index contributed by atoms with van der Waals surface area (Å²) in [4.78, 5) is 19.9. The molecule has 0 spiro atoms. The van der Waals surface area contributed by atoms with Crippen LogP contribution in [0.15, 0.2) is 40.9 Å². The van der Waals surface area contributed by atoms with Gasteiger partial charge in [0.2, 0.25) is 5.89 Å². The van der Waals surface area contributed by atoms with Gasteiger partial charge in [-0.15, -0.1) is 0 Å². The van der Waals surface area contributed by atoms with E-state index in [1.165, 1.54) is 13.2 Å². The van der Waals surface area contributed by atoms with Gasteiger partial charge < -0.3 is 14.9 Å². The molecule has 2 heterocycles. The number of carbonyl (C=O) groups excluding carboxylic acids is 1. The Bertz CT molecular complexity index is 762. The van der Waals surface area contributed by atoms with Crippen LogP contribution in [-0.4, -0.2) is 23.0 Å². The Morgan fingerprint density at radius 3 is 2.95 bits per heavy atom. The molecule has 20 heavy (non-hydrogen) atoms. The topological polar surface area (TPSA) is 91.2 Å². The molecule has 3 aromatic rings. The van der Waals surface area contributed by atoms with Crippen LogP contribution in [0.2, 0.25) is 0 Å². The fraction of sp³-hybridized carbons (Fsp3) is 0.0714. The zero-order valence-corrected chi connectivity index (χ0v) is 10.7. The second-order valence-corrected chi connectivity index (χ2v) is 4.18. The molecule has 0 saturated carbocycles. The van der Waals surface area contributed by atoms with Gasteiger partial charge in [-0.2, -0.15) is 4.98 Å². The molecule has 0 bridgehead atoms. The van der Waals surface area contributed by atoms with Gasteiger partial charge in [-0.3, -0.25) is 0 Å². The molecular weight excluding hydrogens is 258 g/mol. The molecule has 2 N–H and O–H groups in total. The van der Waals surface area contributed by atoms with Crippen molar-refractivity contribution in [3.05, 3.63) is 42.1 Å². The molecule has 0 aliphatic rings. The van der Waals surface area contributed by atoms with Gasteiger partial charge >= 0.3 is 5.97 Å². The van der Waals surface area contributed by atoms with Gasteiger partial charge in [0.05, 0.1) is 12.7 Å². The lowest BCUT2D eigenvalue weighted by Crippen LogP contribution is -2.02. The number of carbonyl (C=O) groups is 1. The van der Waals surface area contributed by atoms with Crippen molar-refractivity contribution < 1.29 is 13.9 Å². The average molecular weight is 269 g/mol. The summed E-state index contributed by atoms with van der Waals surface area (Å²) >= 11 is 0. The number of nitrogens with two attached hydrogens (primary N) is 1. The van der Waals surface area contributed by atoms with Crippen molar-refractivity contribution in [1.29, 1.82) is 0 Å². The van der Waals surface area contributed by atoms with E-state index in [1.54, 1.807) is 30.5 Å². The number of aromatic nitrogens is 2. The van der Waals surface area contributed by atoms with Crippen LogP contribution < -0.4 is 5.73 Å². The van der Waals surface area contributed by atoms with Crippen molar-refractivity contribution in [2.45, 2.75) is 0 Å². The Labute approximate surface area is 114 Å². The summed E-state index contributed by atoms with van der Waals surface area (Å²) in [5.74, 6) is -0.107. The van der Waals surface area contributed by atoms with Crippen LogP contribution in [0.5, 0.6) is 0 Å². The van der Waals surface area contributed by atoms with E-state index in [1.807, 2.05) is 0 Å². The summed E-state index contributed by atoms with van der Waals surface area (Å²) < 4.78 is 10.3. The van der Waals surface area contributed by atoms with E-state index in [4.69, 9.17) is 10.2 Å². The first-order valence-corrected chi connectivity index (χ1v) is 5.88. The van der Waals surface area contributed by atoms with Crippen molar-refractivity contribution in [3.8, 4) is 11.5 Å². The quantitative estimate of drug-likeness (QED) is 0.566. The molecule has 0 unspecified atom stereocenters. The Kier molecular flexibility index (Phi) is 2.83. The van der Waals surface area contributed by atoms with Gasteiger partial charge in [0, 0.05) is 17.4 Å². The second-order valence-electron chi connectivity index (χ2n) is 4.18. The number of hydrogen-bond acceptors (Lipinski definition) is 6. The van der Waals surface area contributed by atoms with Gasteiger partial charge in [0.1, 0.15) is 0 Å². The normalized spacial score (nSPS) is 10.7. The Morgan fingerprint density at radius 2 is 2.20 bits per heavy atom. The molecule has 0 aliphatic heterocycles. The lowest BCUT2D eigenvalue weighted by molar-refractivity contribution is 0.0601. The van der Waals surface area contributed by atoms with Crippen LogP contribution in [0.1, 0.15) is 10.4 Å². The first-order chi connectivity index (χ1) is 9.67. The highest BCUT2D eigenvalue weighted by Gasteiger charge is 2.13. The smallest absolute Gasteiger partial charge is 0.337 e. The number of pyridine rings is 1. The fourth-order valence-corrected chi connectivity index (χ4v) is 1.90. The molecule has 0 saturated heterocycles. The second kappa shape index (κ2) is 4.65. The van der Waals surface area contributed by atoms with E-state index in [2.05, 4.69) is 14.7 Å². The molecule has 0 atom stereocenters. The van der Waals surface area contributed by atoms with Gasteiger partial charge in [-0.25, -0.2) is 9.78 Å². The SMILES string of the molecule is COC(=O)c1cc(N)cc(-c2nc3ncccc3o2)c1. The van der Waals surface area contributed by atoms with E-state index in [9.17, 15) is 4.79 Å². The maximum atomic E-state index is 11.6. The van der Waals surface area contributed by atoms with E-state index >= 15 is 0 Å². The number of oxazole rings is 1. The zero-order valence-electron chi connectivity index (χ0n) is 10.7. The van der Waals surface area contributed by atoms with Gasteiger partial charge in [0.25, 0.3) is 0 Å². The number of rotatable bonds is 2. The fourth-order valence-electron chi connectivity index (χ4n) is 1.90. The molecule has 6 heteroatoms. The highest BCUT2D eigenvalue weighted by molar-refractivity contribution is 5.92. The number of ether oxygens (including phenoxy) is 1. The molecule has 0 aliphatic carbocycles. The minimum absolute atomic E-state index is 0.345. The monoisotopic (exact) mass is 269 g/mol. The standard InChI is InChI=1S/C14H11N3O3/c1-19-14(18)9-5-8(6-10(15)7-9)13-17-12-11(20-13)3-2-4-16-12/h2-7H,15H2,1H3. The Morgan fingerprint density at radius 1 is 1.35 bits per heavy atom. The summed E-state index contributed by atoms with van der Waals surface area (Å²) in [5.41, 5.74) is 8.24. The third-order valence-corrected chi connectivity index (χ3v) is 2.79. The van der Waals surface area contributed by atoms with Crippen LogP contribution >= 0.6 is 0 Å². The molecule has 3 rings (SSSR count). The zero-order chi connectivity index (χ0) is 14.1. The molecule has 6 nitrogen and oxygen atoms in total. The maximum Gasteiger partial charge on any atom is 0.337 e. The van der Waals surface area contributed by atoms with Crippen molar-refractivity contribution >= 4 is 22.9 Å². The molecular formula is C14H11N3O3. The highest BCUT2D eigenvalue weighted by atomic mass is 16.5. The highest BCUT2D eigenvalue weighted by Crippen LogP contribution is 2.26. The molecule has 0 amide bonds. The average Bonchev–Trinajstić information content (AvgIpc) is 2.89. The lowest BCUT2D eigenvalue weighted by Gasteiger charge is -2.03. The van der Waals surface area contributed by atoms with E-state index < -0.39 is 5.97 Å². The maximum absolute atomic E-state index is 11.6. The van der Waals surface area contributed by atoms with Crippen molar-refractivity contribution in [2.24, 2.45) is 0 Å². The number of esters is 1. The summed E-state index contributed by atoms with van der Waals surface area (Å²) in [7, 11) is 1.31. The lowest BCUT2D eigenvalue weighted by atomic mass is 10.1. The molecule has 0 fully saturated rings. The molecule has 2 aromatic heterocycles. The van der Waals surface area contributed by atoms with Crippen molar-refractivity contribution in [2.75, 3.05) is 12.8 Å². The number of nitrogen functional groups attached to an aromatic ring is 1. The van der Waals surface area contributed by atoms with E-state index in [0.717, 1.165) is 0 Å². The van der Waals surface area contributed by atoms with Gasteiger partial charge in [-0.05, 0) is 30.3 Å². The van der Waals surface area contributed by atoms with Crippen LogP contribution in [0.4, 0.5) is 5.69 Å². The Hall–Kier alpha value is -2.89. The number of hydrogen-bond donors (Lipinski definition) is 1. The van der Waals surface area contributed by atoms with E-state index in [-0.39, 0.29) is 0 Å². The summed E-state index contributed by atoms with van der Waals surface area (Å²) in [6.45, 7) is 0. The van der Waals surface area contributed by atoms with Crippen LogP contribution in [0.25, 0.3) is 22.7 Å². The van der Waals surface area contributed by atoms with Crippen molar-refractivity contribution in [3.63, 3.8) is 0 Å². The molecule has 100 valence electrons. The minimum Gasteiger partial charge on any atom is -0.465 e. The summed E-state index contributed by atoms with van der Waals surface area (Å²) in [5, 5.41) is 0. The van der Waals surface area contributed by atoms with Gasteiger partial charge in [0.15, 0.2) is 11.2 Å². The number of methoxy groups -OCH3 is 1. The molecule has 1 aromatic carbocycles. The first kappa shape index (κ1) is 12.2. The largest absolute Gasteiger partial charge is 0.465 e. The van der Waals surface area contributed by atoms with Crippen LogP contribution in [0.3, 0.4) is 0 Å². The summed E-state index contributed by atoms with van der Waals surface area (Å²) in [6.07, 6.45) is 1.63. The minimum atomic E-state index is -0.465. The third kappa shape index (κ3) is 2.07.